The molecular weight excluding hydrogens is 218 g/mol. The van der Waals surface area contributed by atoms with Crippen molar-refractivity contribution in [2.45, 2.75) is 20.4 Å². The molecule has 0 aliphatic carbocycles. The van der Waals surface area contributed by atoms with Crippen LogP contribution >= 0.6 is 0 Å². The van der Waals surface area contributed by atoms with Crippen molar-refractivity contribution >= 4 is 5.69 Å². The van der Waals surface area contributed by atoms with E-state index in [1.54, 1.807) is 14.0 Å². The van der Waals surface area contributed by atoms with E-state index in [2.05, 4.69) is 15.5 Å². The number of hydrogen-bond donors (Lipinski definition) is 1. The van der Waals surface area contributed by atoms with Gasteiger partial charge in [0.1, 0.15) is 5.75 Å². The first kappa shape index (κ1) is 11.4. The maximum absolute atomic E-state index is 5.15. The van der Waals surface area contributed by atoms with E-state index in [1.165, 1.54) is 0 Å². The Balaban J connectivity index is 2.04. The van der Waals surface area contributed by atoms with E-state index in [4.69, 9.17) is 9.26 Å². The first-order valence-electron chi connectivity index (χ1n) is 5.37. The Morgan fingerprint density at radius 3 is 2.76 bits per heavy atom. The van der Waals surface area contributed by atoms with Crippen LogP contribution in [0, 0.1) is 13.8 Å². The van der Waals surface area contributed by atoms with Crippen LogP contribution in [0.3, 0.4) is 0 Å². The minimum atomic E-state index is 0.546. The molecule has 0 aliphatic rings. The van der Waals surface area contributed by atoms with Gasteiger partial charge in [0.2, 0.25) is 5.89 Å². The van der Waals surface area contributed by atoms with Crippen molar-refractivity contribution in [2.24, 2.45) is 0 Å². The van der Waals surface area contributed by atoms with Gasteiger partial charge in [0.15, 0.2) is 5.82 Å². The molecule has 0 saturated heterocycles. The lowest BCUT2D eigenvalue weighted by molar-refractivity contribution is 0.388. The van der Waals surface area contributed by atoms with Crippen LogP contribution in [0.2, 0.25) is 0 Å². The van der Waals surface area contributed by atoms with Crippen LogP contribution in [0.5, 0.6) is 5.75 Å². The van der Waals surface area contributed by atoms with Gasteiger partial charge in [0.05, 0.1) is 13.7 Å². The second-order valence-electron chi connectivity index (χ2n) is 3.76. The minimum absolute atomic E-state index is 0.546. The summed E-state index contributed by atoms with van der Waals surface area (Å²) in [5.74, 6) is 2.08. The smallest absolute Gasteiger partial charge is 0.223 e. The molecule has 1 aromatic carbocycles. The monoisotopic (exact) mass is 233 g/mol. The van der Waals surface area contributed by atoms with Crippen LogP contribution in [-0.4, -0.2) is 17.3 Å². The lowest BCUT2D eigenvalue weighted by Gasteiger charge is -2.09. The molecule has 2 rings (SSSR count). The highest BCUT2D eigenvalue weighted by Gasteiger charge is 2.04. The molecule has 1 N–H and O–H groups in total. The van der Waals surface area contributed by atoms with Crippen LogP contribution < -0.4 is 10.1 Å². The summed E-state index contributed by atoms with van der Waals surface area (Å²) >= 11 is 0. The molecule has 0 fully saturated rings. The van der Waals surface area contributed by atoms with Crippen LogP contribution in [0.4, 0.5) is 5.69 Å². The van der Waals surface area contributed by atoms with Crippen LogP contribution in [0.15, 0.2) is 22.7 Å². The zero-order valence-corrected chi connectivity index (χ0v) is 10.2. The van der Waals surface area contributed by atoms with Gasteiger partial charge in [-0.05, 0) is 30.7 Å². The fraction of sp³-hybridized carbons (Fsp3) is 0.333. The fourth-order valence-electron chi connectivity index (χ4n) is 1.55. The van der Waals surface area contributed by atoms with Gasteiger partial charge in [-0.2, -0.15) is 4.98 Å². The number of aromatic nitrogens is 2. The molecule has 90 valence electrons. The number of rotatable bonds is 4. The lowest BCUT2D eigenvalue weighted by atomic mass is 10.2. The summed E-state index contributed by atoms with van der Waals surface area (Å²) in [6.45, 7) is 4.34. The molecule has 1 aromatic heterocycles. The third-order valence-electron chi connectivity index (χ3n) is 2.44. The van der Waals surface area contributed by atoms with Crippen molar-refractivity contribution in [2.75, 3.05) is 12.4 Å². The Kier molecular flexibility index (Phi) is 3.27. The van der Waals surface area contributed by atoms with Crippen molar-refractivity contribution in [3.63, 3.8) is 0 Å². The average Bonchev–Trinajstić information content (AvgIpc) is 2.73. The van der Waals surface area contributed by atoms with Crippen LogP contribution in [-0.2, 0) is 6.54 Å². The third-order valence-corrected chi connectivity index (χ3v) is 2.44. The molecule has 17 heavy (non-hydrogen) atoms. The Hall–Kier alpha value is -2.04. The molecular formula is C12H15N3O2. The molecule has 0 bridgehead atoms. The highest BCUT2D eigenvalue weighted by Crippen LogP contribution is 2.21. The van der Waals surface area contributed by atoms with Gasteiger partial charge in [-0.15, -0.1) is 0 Å². The van der Waals surface area contributed by atoms with Gasteiger partial charge in [-0.1, -0.05) is 5.16 Å². The van der Waals surface area contributed by atoms with Gasteiger partial charge in [-0.3, -0.25) is 0 Å². The zero-order valence-electron chi connectivity index (χ0n) is 10.2. The van der Waals surface area contributed by atoms with Crippen molar-refractivity contribution in [3.05, 3.63) is 35.5 Å². The molecule has 1 heterocycles. The van der Waals surface area contributed by atoms with Crippen LogP contribution in [0.25, 0.3) is 0 Å². The summed E-state index contributed by atoms with van der Waals surface area (Å²) in [5.41, 5.74) is 2.15. The summed E-state index contributed by atoms with van der Waals surface area (Å²) in [4.78, 5) is 4.12. The zero-order chi connectivity index (χ0) is 12.3. The second-order valence-corrected chi connectivity index (χ2v) is 3.76. The molecule has 0 atom stereocenters. The Labute approximate surface area is 99.8 Å². The quantitative estimate of drug-likeness (QED) is 0.878. The average molecular weight is 233 g/mol. The summed E-state index contributed by atoms with van der Waals surface area (Å²) in [7, 11) is 1.66. The number of methoxy groups -OCH3 is 1. The number of anilines is 1. The minimum Gasteiger partial charge on any atom is -0.497 e. The first-order valence-corrected chi connectivity index (χ1v) is 5.37. The number of aryl methyl sites for hydroxylation is 2. The number of nitrogens with zero attached hydrogens (tertiary/aromatic N) is 2. The highest BCUT2D eigenvalue weighted by atomic mass is 16.5. The van der Waals surface area contributed by atoms with Gasteiger partial charge in [0.25, 0.3) is 0 Å². The molecule has 0 radical (unpaired) electrons. The lowest BCUT2D eigenvalue weighted by Crippen LogP contribution is -2.02. The van der Waals surface area contributed by atoms with Crippen molar-refractivity contribution in [3.8, 4) is 5.75 Å². The first-order chi connectivity index (χ1) is 8.19. The molecule has 0 spiro atoms. The van der Waals surface area contributed by atoms with E-state index in [1.807, 2.05) is 25.1 Å². The summed E-state index contributed by atoms with van der Waals surface area (Å²) < 4.78 is 10.0. The van der Waals surface area contributed by atoms with E-state index in [9.17, 15) is 0 Å². The summed E-state index contributed by atoms with van der Waals surface area (Å²) in [6, 6.07) is 5.86. The largest absolute Gasteiger partial charge is 0.497 e. The predicted octanol–water partition coefficient (Wildman–Crippen LogP) is 2.31. The maximum atomic E-state index is 5.15. The van der Waals surface area contributed by atoms with E-state index < -0.39 is 0 Å². The topological polar surface area (TPSA) is 60.2 Å². The van der Waals surface area contributed by atoms with Crippen molar-refractivity contribution in [1.82, 2.24) is 10.1 Å². The van der Waals surface area contributed by atoms with Crippen molar-refractivity contribution < 1.29 is 9.26 Å². The summed E-state index contributed by atoms with van der Waals surface area (Å²) in [5, 5.41) is 7.07. The highest BCUT2D eigenvalue weighted by molar-refractivity contribution is 5.53. The van der Waals surface area contributed by atoms with Crippen LogP contribution in [0.1, 0.15) is 17.3 Å². The Morgan fingerprint density at radius 1 is 1.35 bits per heavy atom. The number of ether oxygens (including phenoxy) is 1. The molecule has 5 nitrogen and oxygen atoms in total. The van der Waals surface area contributed by atoms with Gasteiger partial charge in [0, 0.05) is 12.6 Å². The number of hydrogen-bond acceptors (Lipinski definition) is 5. The normalized spacial score (nSPS) is 10.3. The second kappa shape index (κ2) is 4.86. The molecule has 2 aromatic rings. The fourth-order valence-corrected chi connectivity index (χ4v) is 1.55. The number of nitrogens with one attached hydrogen (secondary N) is 1. The van der Waals surface area contributed by atoms with E-state index >= 15 is 0 Å². The van der Waals surface area contributed by atoms with Gasteiger partial charge < -0.3 is 14.6 Å². The van der Waals surface area contributed by atoms with E-state index in [-0.39, 0.29) is 0 Å². The Morgan fingerprint density at radius 2 is 2.18 bits per heavy atom. The summed E-state index contributed by atoms with van der Waals surface area (Å²) in [6.07, 6.45) is 0. The van der Waals surface area contributed by atoms with E-state index in [0.29, 0.717) is 18.3 Å². The van der Waals surface area contributed by atoms with Crippen molar-refractivity contribution in [1.29, 1.82) is 0 Å². The molecule has 5 heteroatoms. The Bertz CT molecular complexity index is 508. The molecule has 0 saturated carbocycles. The standard InChI is InChI=1S/C12H15N3O2/c1-8-6-10(16-3)4-5-11(8)13-7-12-14-9(2)17-15-12/h4-6,13H,7H2,1-3H3. The SMILES string of the molecule is COc1ccc(NCc2noc(C)n2)c(C)c1. The molecule has 0 aliphatic heterocycles. The van der Waals surface area contributed by atoms with Gasteiger partial charge >= 0.3 is 0 Å². The van der Waals surface area contributed by atoms with Gasteiger partial charge in [-0.25, -0.2) is 0 Å². The molecule has 0 amide bonds. The third kappa shape index (κ3) is 2.75. The predicted molar refractivity (Wildman–Crippen MR) is 64.1 cm³/mol. The number of benzene rings is 1. The maximum Gasteiger partial charge on any atom is 0.223 e. The molecule has 0 unspecified atom stereocenters. The van der Waals surface area contributed by atoms with E-state index in [0.717, 1.165) is 17.0 Å².